The molecule has 0 aliphatic heterocycles. The van der Waals surface area contributed by atoms with Crippen LogP contribution in [0.2, 0.25) is 0 Å². The van der Waals surface area contributed by atoms with E-state index in [2.05, 4.69) is 31.8 Å². The van der Waals surface area contributed by atoms with Crippen LogP contribution in [0.4, 0.5) is 0 Å². The summed E-state index contributed by atoms with van der Waals surface area (Å²) in [5.74, 6) is 0. The molecule has 0 saturated carbocycles. The molecule has 1 atom stereocenters. The first-order valence-electron chi connectivity index (χ1n) is 3.85. The van der Waals surface area contributed by atoms with Gasteiger partial charge in [-0.2, -0.15) is 0 Å². The maximum Gasteiger partial charge on any atom is 0.0650 e. The molecule has 0 rings (SSSR count). The Kier molecular flexibility index (Phi) is 4.91. The summed E-state index contributed by atoms with van der Waals surface area (Å²) in [7, 11) is 0. The van der Waals surface area contributed by atoms with E-state index in [0.29, 0.717) is 6.04 Å². The third kappa shape index (κ3) is 4.30. The lowest BCUT2D eigenvalue weighted by Gasteiger charge is -1.99. The standard InChI is InChI=1S/C9H17N/c1-5-8(3)7-9(4)10-6-2/h6-7,9H,5H2,1-4H3. The Morgan fingerprint density at radius 3 is 2.60 bits per heavy atom. The van der Waals surface area contributed by atoms with Gasteiger partial charge in [0.25, 0.3) is 0 Å². The van der Waals surface area contributed by atoms with Crippen molar-refractivity contribution in [3.63, 3.8) is 0 Å². The fraction of sp³-hybridized carbons (Fsp3) is 0.667. The first-order chi connectivity index (χ1) is 4.70. The van der Waals surface area contributed by atoms with Crippen molar-refractivity contribution in [3.05, 3.63) is 11.6 Å². The molecule has 0 heterocycles. The first kappa shape index (κ1) is 9.41. The van der Waals surface area contributed by atoms with Gasteiger partial charge in [-0.25, -0.2) is 0 Å². The summed E-state index contributed by atoms with van der Waals surface area (Å²) in [4.78, 5) is 4.21. The molecular weight excluding hydrogens is 122 g/mol. The Morgan fingerprint density at radius 2 is 2.20 bits per heavy atom. The van der Waals surface area contributed by atoms with Crippen LogP contribution < -0.4 is 0 Å². The maximum absolute atomic E-state index is 4.21. The van der Waals surface area contributed by atoms with Crippen LogP contribution in [0, 0.1) is 0 Å². The number of hydrogen-bond donors (Lipinski definition) is 0. The normalized spacial score (nSPS) is 16.2. The molecule has 0 radical (unpaired) electrons. The Hall–Kier alpha value is -0.590. The highest BCUT2D eigenvalue weighted by Crippen LogP contribution is 2.01. The third-order valence-electron chi connectivity index (χ3n) is 1.47. The quantitative estimate of drug-likeness (QED) is 0.421. The van der Waals surface area contributed by atoms with Gasteiger partial charge in [-0.3, -0.25) is 4.99 Å². The zero-order chi connectivity index (χ0) is 7.98. The summed E-state index contributed by atoms with van der Waals surface area (Å²) in [5, 5.41) is 0. The van der Waals surface area contributed by atoms with E-state index in [4.69, 9.17) is 0 Å². The lowest BCUT2D eigenvalue weighted by Crippen LogP contribution is -1.92. The van der Waals surface area contributed by atoms with E-state index in [-0.39, 0.29) is 0 Å². The van der Waals surface area contributed by atoms with Crippen LogP contribution in [0.25, 0.3) is 0 Å². The number of hydrogen-bond acceptors (Lipinski definition) is 1. The molecule has 1 nitrogen and oxygen atoms in total. The van der Waals surface area contributed by atoms with E-state index < -0.39 is 0 Å². The van der Waals surface area contributed by atoms with Gasteiger partial charge in [0.05, 0.1) is 6.04 Å². The minimum absolute atomic E-state index is 0.352. The molecule has 0 bridgehead atoms. The number of nitrogens with zero attached hydrogens (tertiary/aromatic N) is 1. The van der Waals surface area contributed by atoms with Crippen molar-refractivity contribution in [3.8, 4) is 0 Å². The number of rotatable bonds is 3. The predicted molar refractivity (Wildman–Crippen MR) is 47.7 cm³/mol. The fourth-order valence-corrected chi connectivity index (χ4v) is 0.808. The van der Waals surface area contributed by atoms with Crippen molar-refractivity contribution < 1.29 is 0 Å². The smallest absolute Gasteiger partial charge is 0.0650 e. The van der Waals surface area contributed by atoms with Crippen LogP contribution >= 0.6 is 0 Å². The summed E-state index contributed by atoms with van der Waals surface area (Å²) in [6.45, 7) is 8.35. The maximum atomic E-state index is 4.21. The molecule has 58 valence electrons. The highest BCUT2D eigenvalue weighted by atomic mass is 14.7. The van der Waals surface area contributed by atoms with Gasteiger partial charge in [-0.1, -0.05) is 18.6 Å². The van der Waals surface area contributed by atoms with E-state index in [1.807, 2.05) is 13.1 Å². The van der Waals surface area contributed by atoms with Gasteiger partial charge in [0.1, 0.15) is 0 Å². The van der Waals surface area contributed by atoms with Crippen LogP contribution in [-0.2, 0) is 0 Å². The zero-order valence-electron chi connectivity index (χ0n) is 7.39. The molecule has 0 aromatic heterocycles. The van der Waals surface area contributed by atoms with Gasteiger partial charge in [0.15, 0.2) is 0 Å². The minimum Gasteiger partial charge on any atom is -0.291 e. The number of aliphatic imine (C=N–C) groups is 1. The van der Waals surface area contributed by atoms with Gasteiger partial charge in [0, 0.05) is 0 Å². The molecule has 0 aliphatic carbocycles. The Labute approximate surface area is 63.9 Å². The van der Waals surface area contributed by atoms with Gasteiger partial charge < -0.3 is 0 Å². The average Bonchev–Trinajstić information content (AvgIpc) is 1.88. The summed E-state index contributed by atoms with van der Waals surface area (Å²) in [6, 6.07) is 0.352. The Bertz CT molecular complexity index is 134. The second-order valence-electron chi connectivity index (χ2n) is 2.51. The van der Waals surface area contributed by atoms with Crippen molar-refractivity contribution >= 4 is 6.21 Å². The molecule has 0 amide bonds. The van der Waals surface area contributed by atoms with Crippen molar-refractivity contribution in [1.29, 1.82) is 0 Å². The molecular formula is C9H17N. The van der Waals surface area contributed by atoms with E-state index >= 15 is 0 Å². The van der Waals surface area contributed by atoms with Crippen molar-refractivity contribution in [1.82, 2.24) is 0 Å². The highest BCUT2D eigenvalue weighted by Gasteiger charge is 1.90. The van der Waals surface area contributed by atoms with Gasteiger partial charge >= 0.3 is 0 Å². The molecule has 0 fully saturated rings. The average molecular weight is 139 g/mol. The van der Waals surface area contributed by atoms with E-state index in [9.17, 15) is 0 Å². The monoisotopic (exact) mass is 139 g/mol. The molecule has 0 spiro atoms. The predicted octanol–water partition coefficient (Wildman–Crippen LogP) is 2.82. The zero-order valence-corrected chi connectivity index (χ0v) is 7.39. The SMILES string of the molecule is CC=NC(C)C=C(C)CC. The van der Waals surface area contributed by atoms with Crippen LogP contribution in [0.3, 0.4) is 0 Å². The lowest BCUT2D eigenvalue weighted by atomic mass is 10.2. The van der Waals surface area contributed by atoms with E-state index in [1.54, 1.807) is 0 Å². The van der Waals surface area contributed by atoms with Crippen molar-refractivity contribution in [2.24, 2.45) is 4.99 Å². The Balaban J connectivity index is 3.86. The van der Waals surface area contributed by atoms with Crippen LogP contribution in [0.5, 0.6) is 0 Å². The first-order valence-corrected chi connectivity index (χ1v) is 3.85. The van der Waals surface area contributed by atoms with Gasteiger partial charge in [0.2, 0.25) is 0 Å². The summed E-state index contributed by atoms with van der Waals surface area (Å²) < 4.78 is 0. The van der Waals surface area contributed by atoms with E-state index in [0.717, 1.165) is 6.42 Å². The molecule has 0 aromatic rings. The second-order valence-corrected chi connectivity index (χ2v) is 2.51. The van der Waals surface area contributed by atoms with Gasteiger partial charge in [-0.05, 0) is 33.4 Å². The number of allylic oxidation sites excluding steroid dienone is 1. The van der Waals surface area contributed by atoms with E-state index in [1.165, 1.54) is 5.57 Å². The van der Waals surface area contributed by atoms with Crippen LogP contribution in [-0.4, -0.2) is 12.3 Å². The van der Waals surface area contributed by atoms with Gasteiger partial charge in [-0.15, -0.1) is 0 Å². The molecule has 10 heavy (non-hydrogen) atoms. The topological polar surface area (TPSA) is 12.4 Å². The van der Waals surface area contributed by atoms with Crippen LogP contribution in [0.1, 0.15) is 34.1 Å². The molecule has 0 aliphatic rings. The molecule has 1 heteroatoms. The molecule has 0 aromatic carbocycles. The third-order valence-corrected chi connectivity index (χ3v) is 1.47. The van der Waals surface area contributed by atoms with Crippen molar-refractivity contribution in [2.45, 2.75) is 40.2 Å². The second kappa shape index (κ2) is 5.21. The largest absolute Gasteiger partial charge is 0.291 e. The van der Waals surface area contributed by atoms with Crippen LogP contribution in [0.15, 0.2) is 16.6 Å². The summed E-state index contributed by atoms with van der Waals surface area (Å²) >= 11 is 0. The molecule has 0 N–H and O–H groups in total. The summed E-state index contributed by atoms with van der Waals surface area (Å²) in [5.41, 5.74) is 1.41. The lowest BCUT2D eigenvalue weighted by molar-refractivity contribution is 0.904. The highest BCUT2D eigenvalue weighted by molar-refractivity contribution is 5.53. The molecule has 0 saturated heterocycles. The van der Waals surface area contributed by atoms with Crippen molar-refractivity contribution in [2.75, 3.05) is 0 Å². The summed E-state index contributed by atoms with van der Waals surface area (Å²) in [6.07, 6.45) is 5.17. The molecule has 1 unspecified atom stereocenters. The fourth-order valence-electron chi connectivity index (χ4n) is 0.808. The Morgan fingerprint density at radius 1 is 1.60 bits per heavy atom. The minimum atomic E-state index is 0.352.